The molecule has 29 heavy (non-hydrogen) atoms. The lowest BCUT2D eigenvalue weighted by atomic mass is 9.98. The fourth-order valence-electron chi connectivity index (χ4n) is 4.27. The molecule has 1 aliphatic rings. The number of nitrogens with zero attached hydrogens (tertiary/aromatic N) is 1. The summed E-state index contributed by atoms with van der Waals surface area (Å²) in [6.07, 6.45) is 9.26. The molecule has 1 aliphatic heterocycles. The van der Waals surface area contributed by atoms with Gasteiger partial charge in [-0.3, -0.25) is 9.59 Å². The van der Waals surface area contributed by atoms with Crippen LogP contribution in [-0.2, 0) is 22.4 Å². The highest BCUT2D eigenvalue weighted by Gasteiger charge is 2.30. The van der Waals surface area contributed by atoms with Gasteiger partial charge in [0.15, 0.2) is 0 Å². The number of aliphatic hydroxyl groups excluding tert-OH is 1. The topological polar surface area (TPSA) is 77.8 Å². The second-order valence-electron chi connectivity index (χ2n) is 8.34. The summed E-state index contributed by atoms with van der Waals surface area (Å²) in [5.74, 6) is -0.516. The molecule has 0 aromatic heterocycles. The molecular formula is C24H37NO4. The lowest BCUT2D eigenvalue weighted by Gasteiger charge is -2.26. The lowest BCUT2D eigenvalue weighted by Crippen LogP contribution is -2.34. The van der Waals surface area contributed by atoms with Crippen LogP contribution in [0.1, 0.15) is 82.3 Å². The Morgan fingerprint density at radius 1 is 1.21 bits per heavy atom. The number of carbonyl (C=O) groups is 2. The zero-order valence-corrected chi connectivity index (χ0v) is 17.8. The van der Waals surface area contributed by atoms with Gasteiger partial charge in [-0.2, -0.15) is 0 Å². The van der Waals surface area contributed by atoms with Gasteiger partial charge in [0.1, 0.15) is 0 Å². The maximum absolute atomic E-state index is 12.2. The lowest BCUT2D eigenvalue weighted by molar-refractivity contribution is -0.137. The van der Waals surface area contributed by atoms with Crippen molar-refractivity contribution in [3.63, 3.8) is 0 Å². The maximum atomic E-state index is 12.2. The van der Waals surface area contributed by atoms with Crippen LogP contribution >= 0.6 is 0 Å². The van der Waals surface area contributed by atoms with Gasteiger partial charge in [0.05, 0.1) is 6.10 Å². The molecule has 0 bridgehead atoms. The molecule has 2 rings (SSSR count). The molecule has 5 heteroatoms. The molecule has 0 aliphatic carbocycles. The standard InChI is InChI=1S/C24H37NO4/c1-2-8-19-9-7-10-20(17-19)18-22(26)14-12-21-13-15-23(27)25(21)16-6-4-3-5-11-24(28)29/h7,9-10,17,21-22,26H,2-6,8,11-16,18H2,1H3,(H,28,29)/t21?,22-/m1/s1. The Labute approximate surface area is 175 Å². The molecule has 1 amide bonds. The average molecular weight is 404 g/mol. The fourth-order valence-corrected chi connectivity index (χ4v) is 4.27. The number of carboxylic acids is 1. The van der Waals surface area contributed by atoms with E-state index in [0.29, 0.717) is 25.7 Å². The van der Waals surface area contributed by atoms with Gasteiger partial charge in [0.2, 0.25) is 5.91 Å². The number of hydrogen-bond donors (Lipinski definition) is 2. The van der Waals surface area contributed by atoms with E-state index in [1.54, 1.807) is 0 Å². The predicted octanol–water partition coefficient (Wildman–Crippen LogP) is 4.35. The second kappa shape index (κ2) is 12.6. The van der Waals surface area contributed by atoms with Gasteiger partial charge in [-0.15, -0.1) is 0 Å². The maximum Gasteiger partial charge on any atom is 0.303 e. The van der Waals surface area contributed by atoms with E-state index in [-0.39, 0.29) is 24.5 Å². The third-order valence-electron chi connectivity index (χ3n) is 5.83. The van der Waals surface area contributed by atoms with E-state index in [1.165, 1.54) is 11.1 Å². The number of carbonyl (C=O) groups excluding carboxylic acids is 1. The molecule has 1 aromatic carbocycles. The number of aliphatic carboxylic acids is 1. The molecule has 1 aromatic rings. The summed E-state index contributed by atoms with van der Waals surface area (Å²) in [5.41, 5.74) is 2.51. The first kappa shape index (κ1) is 23.4. The first-order valence-corrected chi connectivity index (χ1v) is 11.3. The Morgan fingerprint density at radius 2 is 1.97 bits per heavy atom. The summed E-state index contributed by atoms with van der Waals surface area (Å²) in [4.78, 5) is 24.7. The predicted molar refractivity (Wildman–Crippen MR) is 115 cm³/mol. The quantitative estimate of drug-likeness (QED) is 0.453. The van der Waals surface area contributed by atoms with Crippen molar-refractivity contribution < 1.29 is 19.8 Å². The van der Waals surface area contributed by atoms with E-state index in [2.05, 4.69) is 31.2 Å². The Balaban J connectivity index is 1.71. The largest absolute Gasteiger partial charge is 0.481 e. The smallest absolute Gasteiger partial charge is 0.303 e. The first-order chi connectivity index (χ1) is 14.0. The molecule has 162 valence electrons. The number of unbranched alkanes of at least 4 members (excludes halogenated alkanes) is 3. The van der Waals surface area contributed by atoms with E-state index in [0.717, 1.165) is 51.5 Å². The molecule has 2 atom stereocenters. The highest BCUT2D eigenvalue weighted by molar-refractivity contribution is 5.78. The van der Waals surface area contributed by atoms with Crippen molar-refractivity contribution in [3.05, 3.63) is 35.4 Å². The van der Waals surface area contributed by atoms with Crippen molar-refractivity contribution in [3.8, 4) is 0 Å². The molecule has 0 saturated carbocycles. The average Bonchev–Trinajstić information content (AvgIpc) is 3.03. The van der Waals surface area contributed by atoms with Crippen LogP contribution in [0, 0.1) is 0 Å². The molecule has 5 nitrogen and oxygen atoms in total. The molecular weight excluding hydrogens is 366 g/mol. The fraction of sp³-hybridized carbons (Fsp3) is 0.667. The third-order valence-corrected chi connectivity index (χ3v) is 5.83. The Kier molecular flexibility index (Phi) is 10.2. The first-order valence-electron chi connectivity index (χ1n) is 11.3. The van der Waals surface area contributed by atoms with Crippen molar-refractivity contribution in [2.24, 2.45) is 0 Å². The number of carboxylic acid groups (broad SMARTS) is 1. The van der Waals surface area contributed by atoms with E-state index in [1.807, 2.05) is 4.90 Å². The molecule has 1 saturated heterocycles. The van der Waals surface area contributed by atoms with E-state index < -0.39 is 5.97 Å². The van der Waals surface area contributed by atoms with Crippen molar-refractivity contribution in [1.29, 1.82) is 0 Å². The number of benzene rings is 1. The second-order valence-corrected chi connectivity index (χ2v) is 8.34. The minimum atomic E-state index is -0.740. The van der Waals surface area contributed by atoms with Gasteiger partial charge >= 0.3 is 5.97 Å². The number of hydrogen-bond acceptors (Lipinski definition) is 3. The molecule has 1 unspecified atom stereocenters. The molecule has 0 spiro atoms. The van der Waals surface area contributed by atoms with Crippen molar-refractivity contribution in [2.75, 3.05) is 6.54 Å². The van der Waals surface area contributed by atoms with Crippen LogP contribution in [0.3, 0.4) is 0 Å². The molecule has 0 radical (unpaired) electrons. The summed E-state index contributed by atoms with van der Waals surface area (Å²) < 4.78 is 0. The number of aryl methyl sites for hydroxylation is 1. The summed E-state index contributed by atoms with van der Waals surface area (Å²) in [5, 5.41) is 19.2. The van der Waals surface area contributed by atoms with Crippen molar-refractivity contribution in [1.82, 2.24) is 4.90 Å². The van der Waals surface area contributed by atoms with Crippen molar-refractivity contribution in [2.45, 2.75) is 96.1 Å². The van der Waals surface area contributed by atoms with Crippen LogP contribution in [0.2, 0.25) is 0 Å². The van der Waals surface area contributed by atoms with Crippen LogP contribution in [-0.4, -0.2) is 45.7 Å². The molecule has 2 N–H and O–H groups in total. The van der Waals surface area contributed by atoms with Gasteiger partial charge in [-0.1, -0.05) is 50.5 Å². The monoisotopic (exact) mass is 403 g/mol. The van der Waals surface area contributed by atoms with Crippen LogP contribution in [0.15, 0.2) is 24.3 Å². The Morgan fingerprint density at radius 3 is 2.72 bits per heavy atom. The Hall–Kier alpha value is -1.88. The highest BCUT2D eigenvalue weighted by atomic mass is 16.4. The normalized spacial score (nSPS) is 17.7. The van der Waals surface area contributed by atoms with Crippen molar-refractivity contribution >= 4 is 11.9 Å². The number of amides is 1. The van der Waals surface area contributed by atoms with E-state index in [4.69, 9.17) is 5.11 Å². The van der Waals surface area contributed by atoms with Crippen LogP contribution < -0.4 is 0 Å². The zero-order valence-electron chi connectivity index (χ0n) is 17.8. The van der Waals surface area contributed by atoms with E-state index in [9.17, 15) is 14.7 Å². The van der Waals surface area contributed by atoms with Crippen LogP contribution in [0.5, 0.6) is 0 Å². The summed E-state index contributed by atoms with van der Waals surface area (Å²) >= 11 is 0. The summed E-state index contributed by atoms with van der Waals surface area (Å²) in [6.45, 7) is 2.93. The van der Waals surface area contributed by atoms with Gasteiger partial charge in [0.25, 0.3) is 0 Å². The highest BCUT2D eigenvalue weighted by Crippen LogP contribution is 2.24. The summed E-state index contributed by atoms with van der Waals surface area (Å²) in [7, 11) is 0. The number of likely N-dealkylation sites (tertiary alicyclic amines) is 1. The van der Waals surface area contributed by atoms with Gasteiger partial charge in [-0.25, -0.2) is 0 Å². The third kappa shape index (κ3) is 8.57. The minimum Gasteiger partial charge on any atom is -0.481 e. The SMILES string of the molecule is CCCc1cccc(C[C@H](O)CCC2CCC(=O)N2CCCCCCC(=O)O)c1. The zero-order chi connectivity index (χ0) is 21.1. The van der Waals surface area contributed by atoms with E-state index >= 15 is 0 Å². The molecule has 1 heterocycles. The minimum absolute atomic E-state index is 0.224. The Bertz CT molecular complexity index is 646. The van der Waals surface area contributed by atoms with Crippen LogP contribution in [0.4, 0.5) is 0 Å². The van der Waals surface area contributed by atoms with Gasteiger partial charge in [0, 0.05) is 25.4 Å². The number of aliphatic hydroxyl groups is 1. The molecule has 1 fully saturated rings. The van der Waals surface area contributed by atoms with Gasteiger partial charge in [-0.05, 0) is 56.1 Å². The number of rotatable bonds is 14. The summed E-state index contributed by atoms with van der Waals surface area (Å²) in [6, 6.07) is 8.73. The van der Waals surface area contributed by atoms with Crippen LogP contribution in [0.25, 0.3) is 0 Å². The van der Waals surface area contributed by atoms with Gasteiger partial charge < -0.3 is 15.1 Å².